The Kier molecular flexibility index (Phi) is 2.38. The first-order chi connectivity index (χ1) is 6.59. The van der Waals surface area contributed by atoms with Crippen LogP contribution in [0.4, 0.5) is 0 Å². The molecule has 1 amide bonds. The fraction of sp³-hybridized carbons (Fsp3) is 0.750. The molecule has 14 heavy (non-hydrogen) atoms. The van der Waals surface area contributed by atoms with Crippen molar-refractivity contribution >= 4 is 5.91 Å². The summed E-state index contributed by atoms with van der Waals surface area (Å²) in [6.45, 7) is 3.79. The van der Waals surface area contributed by atoms with Crippen LogP contribution in [-0.2, 0) is 4.79 Å². The van der Waals surface area contributed by atoms with Gasteiger partial charge in [0.05, 0.1) is 0 Å². The maximum Gasteiger partial charge on any atom is 0.217 e. The Hall–Kier alpha value is -0.790. The summed E-state index contributed by atoms with van der Waals surface area (Å²) in [5.74, 6) is 1.67. The molecule has 3 atom stereocenters. The Balaban J connectivity index is 2.02. The Labute approximate surface area is 85.8 Å². The van der Waals surface area contributed by atoms with E-state index in [9.17, 15) is 4.79 Å². The maximum absolute atomic E-state index is 11.1. The molecule has 1 N–H and O–H groups in total. The van der Waals surface area contributed by atoms with E-state index in [1.807, 2.05) is 0 Å². The van der Waals surface area contributed by atoms with E-state index < -0.39 is 0 Å². The SMILES string of the molecule is CC(=O)NC1(C)CCC2CC=CC2C1. The Morgan fingerprint density at radius 2 is 2.36 bits per heavy atom. The van der Waals surface area contributed by atoms with Gasteiger partial charge in [-0.3, -0.25) is 4.79 Å². The number of hydrogen-bond acceptors (Lipinski definition) is 1. The molecule has 0 saturated heterocycles. The first-order valence-electron chi connectivity index (χ1n) is 5.54. The van der Waals surface area contributed by atoms with Gasteiger partial charge in [0.1, 0.15) is 0 Å². The van der Waals surface area contributed by atoms with Crippen LogP contribution < -0.4 is 5.32 Å². The van der Waals surface area contributed by atoms with Crippen LogP contribution in [0.1, 0.15) is 39.5 Å². The van der Waals surface area contributed by atoms with E-state index >= 15 is 0 Å². The minimum absolute atomic E-state index is 0.0433. The van der Waals surface area contributed by atoms with Gasteiger partial charge in [0.25, 0.3) is 0 Å². The molecule has 0 spiro atoms. The highest BCUT2D eigenvalue weighted by Crippen LogP contribution is 2.42. The molecule has 3 unspecified atom stereocenters. The lowest BCUT2D eigenvalue weighted by molar-refractivity contribution is -0.121. The average molecular weight is 193 g/mol. The third kappa shape index (κ3) is 1.84. The molecular formula is C12H19NO. The highest BCUT2D eigenvalue weighted by molar-refractivity contribution is 5.73. The summed E-state index contributed by atoms with van der Waals surface area (Å²) >= 11 is 0. The van der Waals surface area contributed by atoms with E-state index in [1.54, 1.807) is 6.92 Å². The first kappa shape index (κ1) is 9.75. The number of hydrogen-bond donors (Lipinski definition) is 1. The van der Waals surface area contributed by atoms with Gasteiger partial charge in [-0.05, 0) is 44.4 Å². The zero-order valence-electron chi connectivity index (χ0n) is 9.05. The molecule has 0 aromatic carbocycles. The monoisotopic (exact) mass is 193 g/mol. The van der Waals surface area contributed by atoms with E-state index in [2.05, 4.69) is 24.4 Å². The average Bonchev–Trinajstić information content (AvgIpc) is 2.48. The molecule has 1 fully saturated rings. The van der Waals surface area contributed by atoms with Crippen molar-refractivity contribution in [3.63, 3.8) is 0 Å². The summed E-state index contributed by atoms with van der Waals surface area (Å²) in [6, 6.07) is 0. The Morgan fingerprint density at radius 3 is 3.07 bits per heavy atom. The van der Waals surface area contributed by atoms with Gasteiger partial charge in [-0.2, -0.15) is 0 Å². The van der Waals surface area contributed by atoms with Crippen LogP contribution in [0.25, 0.3) is 0 Å². The molecule has 0 radical (unpaired) electrons. The molecule has 1 saturated carbocycles. The molecule has 2 aliphatic carbocycles. The van der Waals surface area contributed by atoms with Gasteiger partial charge in [-0.1, -0.05) is 12.2 Å². The molecule has 0 aromatic heterocycles. The summed E-state index contributed by atoms with van der Waals surface area (Å²) in [4.78, 5) is 11.1. The molecule has 2 rings (SSSR count). The van der Waals surface area contributed by atoms with Crippen LogP contribution in [0.3, 0.4) is 0 Å². The van der Waals surface area contributed by atoms with Crippen molar-refractivity contribution < 1.29 is 4.79 Å². The lowest BCUT2D eigenvalue weighted by Gasteiger charge is -2.40. The number of rotatable bonds is 1. The highest BCUT2D eigenvalue weighted by Gasteiger charge is 2.38. The van der Waals surface area contributed by atoms with Gasteiger partial charge in [0.15, 0.2) is 0 Å². The van der Waals surface area contributed by atoms with Gasteiger partial charge in [-0.25, -0.2) is 0 Å². The zero-order chi connectivity index (χ0) is 10.2. The van der Waals surface area contributed by atoms with Gasteiger partial charge in [0, 0.05) is 12.5 Å². The van der Waals surface area contributed by atoms with Crippen molar-refractivity contribution in [2.24, 2.45) is 11.8 Å². The van der Waals surface area contributed by atoms with E-state index in [1.165, 1.54) is 12.8 Å². The summed E-state index contributed by atoms with van der Waals surface area (Å²) in [5.41, 5.74) is 0.0433. The van der Waals surface area contributed by atoms with Gasteiger partial charge < -0.3 is 5.32 Å². The topological polar surface area (TPSA) is 29.1 Å². The number of carbonyl (C=O) groups excluding carboxylic acids is 1. The summed E-state index contributed by atoms with van der Waals surface area (Å²) in [7, 11) is 0. The van der Waals surface area contributed by atoms with Crippen LogP contribution in [0.15, 0.2) is 12.2 Å². The van der Waals surface area contributed by atoms with Gasteiger partial charge in [-0.15, -0.1) is 0 Å². The first-order valence-corrected chi connectivity index (χ1v) is 5.54. The predicted octanol–water partition coefficient (Wildman–Crippen LogP) is 2.26. The van der Waals surface area contributed by atoms with Crippen molar-refractivity contribution in [2.75, 3.05) is 0 Å². The third-order valence-corrected chi connectivity index (χ3v) is 3.66. The number of amides is 1. The van der Waals surface area contributed by atoms with Crippen LogP contribution >= 0.6 is 0 Å². The van der Waals surface area contributed by atoms with E-state index in [0.29, 0.717) is 5.92 Å². The number of allylic oxidation sites excluding steroid dienone is 2. The normalized spacial score (nSPS) is 40.7. The number of fused-ring (bicyclic) bond motifs is 1. The fourth-order valence-corrected chi connectivity index (χ4v) is 2.99. The summed E-state index contributed by atoms with van der Waals surface area (Å²) in [5, 5.41) is 3.10. The smallest absolute Gasteiger partial charge is 0.217 e. The van der Waals surface area contributed by atoms with Gasteiger partial charge in [0.2, 0.25) is 5.91 Å². The largest absolute Gasteiger partial charge is 0.351 e. The number of nitrogens with one attached hydrogen (secondary N) is 1. The van der Waals surface area contributed by atoms with Crippen molar-refractivity contribution in [1.29, 1.82) is 0 Å². The van der Waals surface area contributed by atoms with Crippen LogP contribution in [0, 0.1) is 11.8 Å². The predicted molar refractivity (Wildman–Crippen MR) is 56.8 cm³/mol. The fourth-order valence-electron chi connectivity index (χ4n) is 2.99. The van der Waals surface area contributed by atoms with Crippen molar-refractivity contribution in [1.82, 2.24) is 5.32 Å². The molecule has 2 nitrogen and oxygen atoms in total. The minimum atomic E-state index is 0.0433. The van der Waals surface area contributed by atoms with Crippen LogP contribution in [0.5, 0.6) is 0 Å². The highest BCUT2D eigenvalue weighted by atomic mass is 16.1. The molecule has 2 aliphatic rings. The maximum atomic E-state index is 11.1. The zero-order valence-corrected chi connectivity index (χ0v) is 9.05. The standard InChI is InChI=1S/C12H19NO/c1-9(14)13-12(2)7-6-10-4-3-5-11(10)8-12/h3,5,10-11H,4,6-8H2,1-2H3,(H,13,14). The number of carbonyl (C=O) groups is 1. The van der Waals surface area contributed by atoms with Crippen molar-refractivity contribution in [3.05, 3.63) is 12.2 Å². The molecule has 0 aliphatic heterocycles. The molecular weight excluding hydrogens is 174 g/mol. The molecule has 2 heteroatoms. The van der Waals surface area contributed by atoms with Crippen LogP contribution in [-0.4, -0.2) is 11.4 Å². The molecule has 0 aromatic rings. The second kappa shape index (κ2) is 3.41. The lowest BCUT2D eigenvalue weighted by Crippen LogP contribution is -2.49. The van der Waals surface area contributed by atoms with Gasteiger partial charge >= 0.3 is 0 Å². The second-order valence-electron chi connectivity index (χ2n) is 5.07. The lowest BCUT2D eigenvalue weighted by atomic mass is 9.72. The van der Waals surface area contributed by atoms with E-state index in [-0.39, 0.29) is 11.4 Å². The third-order valence-electron chi connectivity index (χ3n) is 3.66. The molecule has 0 heterocycles. The Bertz CT molecular complexity index is 271. The Morgan fingerprint density at radius 1 is 1.57 bits per heavy atom. The van der Waals surface area contributed by atoms with Crippen molar-refractivity contribution in [3.8, 4) is 0 Å². The molecule has 0 bridgehead atoms. The van der Waals surface area contributed by atoms with Crippen LogP contribution in [0.2, 0.25) is 0 Å². The minimum Gasteiger partial charge on any atom is -0.351 e. The summed E-state index contributed by atoms with van der Waals surface area (Å²) < 4.78 is 0. The van der Waals surface area contributed by atoms with E-state index in [4.69, 9.17) is 0 Å². The van der Waals surface area contributed by atoms with Crippen molar-refractivity contribution in [2.45, 2.75) is 45.1 Å². The summed E-state index contributed by atoms with van der Waals surface area (Å²) in [6.07, 6.45) is 9.40. The van der Waals surface area contributed by atoms with E-state index in [0.717, 1.165) is 18.8 Å². The second-order valence-corrected chi connectivity index (χ2v) is 5.07. The quantitative estimate of drug-likeness (QED) is 0.636. The molecule has 78 valence electrons.